The molecule has 0 amide bonds. The molecule has 2 unspecified atom stereocenters. The van der Waals surface area contributed by atoms with Crippen molar-refractivity contribution in [1.29, 1.82) is 0 Å². The van der Waals surface area contributed by atoms with E-state index in [9.17, 15) is 39.6 Å². The summed E-state index contributed by atoms with van der Waals surface area (Å²) in [6, 6.07) is 16.4. The maximum absolute atomic E-state index is 13.9. The van der Waals surface area contributed by atoms with Crippen molar-refractivity contribution in [1.82, 2.24) is 0 Å². The van der Waals surface area contributed by atoms with Crippen LogP contribution in [0.1, 0.15) is 134 Å². The van der Waals surface area contributed by atoms with Crippen LogP contribution in [0.5, 0.6) is 5.75 Å². The maximum atomic E-state index is 13.9. The van der Waals surface area contributed by atoms with Crippen molar-refractivity contribution in [2.24, 2.45) is 16.2 Å². The first-order chi connectivity index (χ1) is 35.2. The summed E-state index contributed by atoms with van der Waals surface area (Å²) in [4.78, 5) is 52.2. The maximum Gasteiger partial charge on any atom is 0.515 e. The normalized spacial score (nSPS) is 20.4. The average molecular weight is 1080 g/mol. The van der Waals surface area contributed by atoms with Gasteiger partial charge in [-0.25, -0.2) is 0 Å². The Morgan fingerprint density at radius 1 is 0.671 bits per heavy atom. The molecular formula is C58H91O18+. The third-order valence-corrected chi connectivity index (χ3v) is 13.7. The smallest absolute Gasteiger partial charge is 0.465 e. The molecule has 0 radical (unpaired) electrons. The molecule has 5 N–H and O–H groups in total. The third kappa shape index (κ3) is 19.7. The molecule has 0 saturated carbocycles. The van der Waals surface area contributed by atoms with Crippen LogP contribution in [-0.4, -0.2) is 155 Å². The number of benzene rings is 2. The lowest BCUT2D eigenvalue weighted by atomic mass is 9.76. The highest BCUT2D eigenvalue weighted by Gasteiger charge is 2.52. The van der Waals surface area contributed by atoms with Gasteiger partial charge in [-0.2, -0.15) is 0 Å². The van der Waals surface area contributed by atoms with Crippen LogP contribution in [0, 0.1) is 16.2 Å². The SMILES string of the molecule is CCOC(=O)C(C)(COC(=[OH+])C(C)(C)OC(C)(C)CCOC(C)(C)CC/C=C/Cc1ccc(O[C@@H]2O[C@H](CO)[C@H](O)[C@H](O)[C@H]2O)cc1)COC(C)(C)C(C)(C)C(=O)OCC(C)(COC(C)C)C(=O)OCc1ccccc1. The minimum Gasteiger partial charge on any atom is -0.465 e. The number of hydrogen-bond acceptors (Lipinski definition) is 17. The molecule has 18 heteroatoms. The number of rotatable bonds is 32. The van der Waals surface area contributed by atoms with Crippen LogP contribution in [0.3, 0.4) is 0 Å². The van der Waals surface area contributed by atoms with Crippen molar-refractivity contribution in [3.05, 3.63) is 77.9 Å². The van der Waals surface area contributed by atoms with Crippen molar-refractivity contribution in [3.8, 4) is 5.75 Å². The summed E-state index contributed by atoms with van der Waals surface area (Å²) in [5.41, 5.74) is -6.09. The summed E-state index contributed by atoms with van der Waals surface area (Å²) in [6.07, 6.45) is -0.195. The zero-order chi connectivity index (χ0) is 57.3. The minimum absolute atomic E-state index is 0.0409. The molecule has 0 aliphatic carbocycles. The third-order valence-electron chi connectivity index (χ3n) is 13.7. The monoisotopic (exact) mass is 1080 g/mol. The summed E-state index contributed by atoms with van der Waals surface area (Å²) >= 11 is 0. The molecule has 76 heavy (non-hydrogen) atoms. The molecule has 7 atom stereocenters. The van der Waals surface area contributed by atoms with Crippen molar-refractivity contribution in [3.63, 3.8) is 0 Å². The predicted octanol–water partition coefficient (Wildman–Crippen LogP) is 7.13. The average Bonchev–Trinajstić information content (AvgIpc) is 3.35. The minimum atomic E-state index is -1.52. The number of esters is 4. The summed E-state index contributed by atoms with van der Waals surface area (Å²) < 4.78 is 58.9. The lowest BCUT2D eigenvalue weighted by Crippen LogP contribution is -2.60. The first-order valence-electron chi connectivity index (χ1n) is 26.3. The van der Waals surface area contributed by atoms with E-state index in [-0.39, 0.29) is 45.7 Å². The summed E-state index contributed by atoms with van der Waals surface area (Å²) in [6.45, 7) is 25.3. The fourth-order valence-corrected chi connectivity index (χ4v) is 7.65. The van der Waals surface area contributed by atoms with Gasteiger partial charge in [-0.05, 0) is 153 Å². The van der Waals surface area contributed by atoms with Crippen LogP contribution in [-0.2, 0) is 70.0 Å². The van der Waals surface area contributed by atoms with E-state index in [4.69, 9.17) is 47.4 Å². The standard InChI is InChI=1S/C58H90O18/c1-16-67-50(65)58(15,38-73-56(12,13)54(8,9)48(63)70-36-57(14,35-69-39(2)3)51(66)68-34-41-24-19-17-20-25-41)37-71-49(64)55(10,11)76-53(6,7)31-32-72-52(4,5)30-22-18-21-23-40-26-28-42(29-27-40)74-47-46(62)45(61)44(60)43(33-59)75-47/h17-21,24-29,39,43-47,59-62H,16,22-23,30-38H2,1-15H3/p+1/b21-18+/t43-,44+,45+,46-,47-,57?,58?/m1/s1. The highest BCUT2D eigenvalue weighted by molar-refractivity contribution is 5.82. The highest BCUT2D eigenvalue weighted by Crippen LogP contribution is 2.38. The number of aliphatic hydroxyl groups excluding tert-OH is 4. The van der Waals surface area contributed by atoms with Crippen molar-refractivity contribution in [2.45, 2.75) is 195 Å². The second-order valence-corrected chi connectivity index (χ2v) is 23.3. The summed E-state index contributed by atoms with van der Waals surface area (Å²) in [5.74, 6) is -1.95. The molecule has 18 nitrogen and oxygen atoms in total. The van der Waals surface area contributed by atoms with Gasteiger partial charge in [-0.3, -0.25) is 14.4 Å². The van der Waals surface area contributed by atoms with Gasteiger partial charge in [0, 0.05) is 0 Å². The van der Waals surface area contributed by atoms with Gasteiger partial charge in [-0.1, -0.05) is 54.6 Å². The van der Waals surface area contributed by atoms with E-state index in [1.165, 1.54) is 0 Å². The molecule has 2 aromatic rings. The number of hydrogen-bond donors (Lipinski definition) is 4. The Morgan fingerprint density at radius 3 is 1.88 bits per heavy atom. The zero-order valence-corrected chi connectivity index (χ0v) is 47.8. The fourth-order valence-electron chi connectivity index (χ4n) is 7.65. The molecule has 0 spiro atoms. The van der Waals surface area contributed by atoms with E-state index in [1.54, 1.807) is 74.4 Å². The van der Waals surface area contributed by atoms with Crippen molar-refractivity contribution in [2.75, 3.05) is 46.2 Å². The Labute approximate surface area is 451 Å². The van der Waals surface area contributed by atoms with E-state index in [2.05, 4.69) is 12.2 Å². The number of aliphatic hydroxyl groups is 4. The van der Waals surface area contributed by atoms with Crippen molar-refractivity contribution >= 4 is 23.9 Å². The number of carbonyl (C=O) groups excluding carboxylic acids is 4. The van der Waals surface area contributed by atoms with Crippen molar-refractivity contribution < 1.29 is 87.0 Å². The largest absolute Gasteiger partial charge is 0.515 e. The molecule has 0 aromatic heterocycles. The summed E-state index contributed by atoms with van der Waals surface area (Å²) in [7, 11) is 0. The van der Waals surface area contributed by atoms with Gasteiger partial charge >= 0.3 is 23.9 Å². The van der Waals surface area contributed by atoms with Crippen LogP contribution >= 0.6 is 0 Å². The number of ether oxygens (including phenoxy) is 10. The van der Waals surface area contributed by atoms with Gasteiger partial charge in [0.05, 0.1) is 61.4 Å². The van der Waals surface area contributed by atoms with Gasteiger partial charge in [-0.15, -0.1) is 0 Å². The molecule has 3 rings (SSSR count). The Balaban J connectivity index is 1.51. The highest BCUT2D eigenvalue weighted by atomic mass is 16.7. The molecule has 1 aliphatic heterocycles. The second-order valence-electron chi connectivity index (χ2n) is 23.3. The molecule has 430 valence electrons. The second kappa shape index (κ2) is 28.4. The Morgan fingerprint density at radius 2 is 1.28 bits per heavy atom. The summed E-state index contributed by atoms with van der Waals surface area (Å²) in [5, 5.41) is 39.8. The van der Waals surface area contributed by atoms with E-state index in [0.717, 1.165) is 24.0 Å². The molecule has 2 aromatic carbocycles. The van der Waals surface area contributed by atoms with E-state index >= 15 is 0 Å². The van der Waals surface area contributed by atoms with Crippen LogP contribution in [0.15, 0.2) is 66.7 Å². The van der Waals surface area contributed by atoms with Gasteiger partial charge < -0.3 is 72.6 Å². The van der Waals surface area contributed by atoms with Gasteiger partial charge in [0.2, 0.25) is 18.5 Å². The number of allylic oxidation sites excluding steroid dienone is 2. The molecule has 1 fully saturated rings. The molecule has 1 saturated heterocycles. The van der Waals surface area contributed by atoms with E-state index in [1.807, 2.05) is 84.0 Å². The Bertz CT molecular complexity index is 2150. The zero-order valence-electron chi connectivity index (χ0n) is 47.8. The quantitative estimate of drug-likeness (QED) is 0.0246. The Hall–Kier alpha value is -4.50. The fraction of sp³-hybridized carbons (Fsp3) is 0.690. The van der Waals surface area contributed by atoms with Crippen LogP contribution in [0.25, 0.3) is 0 Å². The number of carbonyl (C=O) groups is 3. The van der Waals surface area contributed by atoms with Crippen LogP contribution in [0.4, 0.5) is 0 Å². The van der Waals surface area contributed by atoms with Gasteiger partial charge in [0.1, 0.15) is 54.2 Å². The lowest BCUT2D eigenvalue weighted by Gasteiger charge is -2.41. The topological polar surface area (TPSA) is 246 Å². The molecule has 0 bridgehead atoms. The van der Waals surface area contributed by atoms with E-state index < -0.39 is 99.8 Å². The first kappa shape index (κ1) is 65.8. The van der Waals surface area contributed by atoms with Gasteiger partial charge in [0.25, 0.3) is 0 Å². The van der Waals surface area contributed by atoms with E-state index in [0.29, 0.717) is 25.2 Å². The van der Waals surface area contributed by atoms with Crippen LogP contribution in [0.2, 0.25) is 0 Å². The molecular weight excluding hydrogens is 985 g/mol. The first-order valence-corrected chi connectivity index (χ1v) is 26.3. The molecule has 1 heterocycles. The predicted molar refractivity (Wildman–Crippen MR) is 285 cm³/mol. The molecule has 1 aliphatic rings. The van der Waals surface area contributed by atoms with Crippen LogP contribution < -0.4 is 4.74 Å². The Kier molecular flexibility index (Phi) is 24.6. The lowest BCUT2D eigenvalue weighted by molar-refractivity contribution is -0.277. The van der Waals surface area contributed by atoms with Gasteiger partial charge in [0.15, 0.2) is 0 Å².